The monoisotopic (exact) mass is 297 g/mol. The molecule has 1 saturated carbocycles. The van der Waals surface area contributed by atoms with E-state index >= 15 is 0 Å². The van der Waals surface area contributed by atoms with Crippen molar-refractivity contribution < 1.29 is 10.0 Å². The highest BCUT2D eigenvalue weighted by Gasteiger charge is 2.45. The lowest BCUT2D eigenvalue weighted by Crippen LogP contribution is -2.53. The van der Waals surface area contributed by atoms with Crippen LogP contribution in [0.3, 0.4) is 0 Å². The minimum absolute atomic E-state index is 0.0518. The molecular weight excluding hydrogens is 266 g/mol. The van der Waals surface area contributed by atoms with Crippen LogP contribution in [0.4, 0.5) is 0 Å². The maximum Gasteiger partial charge on any atom is 0.236 e. The molecule has 0 saturated heterocycles. The molecule has 5 heteroatoms. The van der Waals surface area contributed by atoms with Gasteiger partial charge in [-0.15, -0.1) is 0 Å². The van der Waals surface area contributed by atoms with E-state index in [4.69, 9.17) is 5.73 Å². The smallest absolute Gasteiger partial charge is 0.236 e. The summed E-state index contributed by atoms with van der Waals surface area (Å²) in [5, 5.41) is 12.4. The first-order valence-electron chi connectivity index (χ1n) is 8.36. The number of hydrogen-bond donors (Lipinski definition) is 2. The van der Waals surface area contributed by atoms with Crippen molar-refractivity contribution in [1.29, 1.82) is 0 Å². The van der Waals surface area contributed by atoms with Crippen LogP contribution >= 0.6 is 0 Å². The van der Waals surface area contributed by atoms with Crippen LogP contribution in [-0.2, 0) is 4.79 Å². The van der Waals surface area contributed by atoms with Gasteiger partial charge in [0.05, 0.1) is 0 Å². The maximum absolute atomic E-state index is 13.2. The number of amidine groups is 1. The van der Waals surface area contributed by atoms with Gasteiger partial charge in [0.15, 0.2) is 5.84 Å². The molecule has 0 aromatic rings. The average molecular weight is 297 g/mol. The van der Waals surface area contributed by atoms with Crippen molar-refractivity contribution in [1.82, 2.24) is 4.90 Å². The predicted molar refractivity (Wildman–Crippen MR) is 85.3 cm³/mol. The van der Waals surface area contributed by atoms with E-state index in [-0.39, 0.29) is 11.7 Å². The third kappa shape index (κ3) is 3.69. The minimum atomic E-state index is -0.836. The standard InChI is InChI=1S/C16H31N3O2/c1-4-11-16(12-5-2,14(17)18-21)15(20)19(6-3)13-9-7-8-10-13/h13,21H,4-12H2,1-3H3,(H2,17,18). The Labute approximate surface area is 128 Å². The molecule has 0 spiro atoms. The van der Waals surface area contributed by atoms with E-state index in [1.165, 1.54) is 12.8 Å². The van der Waals surface area contributed by atoms with Crippen LogP contribution in [-0.4, -0.2) is 34.4 Å². The van der Waals surface area contributed by atoms with Gasteiger partial charge >= 0.3 is 0 Å². The molecule has 122 valence electrons. The summed E-state index contributed by atoms with van der Waals surface area (Å²) in [7, 11) is 0. The summed E-state index contributed by atoms with van der Waals surface area (Å²) >= 11 is 0. The lowest BCUT2D eigenvalue weighted by atomic mass is 9.76. The number of rotatable bonds is 8. The Morgan fingerprint density at radius 2 is 1.76 bits per heavy atom. The molecule has 3 N–H and O–H groups in total. The Morgan fingerprint density at radius 1 is 1.24 bits per heavy atom. The molecule has 1 fully saturated rings. The Balaban J connectivity index is 3.11. The SMILES string of the molecule is CCCC(CCC)(C(=O)N(CC)C1CCCC1)C(N)=NO. The van der Waals surface area contributed by atoms with E-state index in [0.29, 0.717) is 25.4 Å². The van der Waals surface area contributed by atoms with Gasteiger partial charge in [-0.25, -0.2) is 0 Å². The van der Waals surface area contributed by atoms with E-state index in [9.17, 15) is 10.0 Å². The van der Waals surface area contributed by atoms with Crippen LogP contribution in [0.15, 0.2) is 5.16 Å². The van der Waals surface area contributed by atoms with Gasteiger partial charge in [-0.2, -0.15) is 0 Å². The second-order valence-corrected chi connectivity index (χ2v) is 6.10. The number of hydrogen-bond acceptors (Lipinski definition) is 3. The topological polar surface area (TPSA) is 78.9 Å². The molecular formula is C16H31N3O2. The third-order valence-electron chi connectivity index (χ3n) is 4.73. The Bertz CT molecular complexity index is 357. The minimum Gasteiger partial charge on any atom is -0.409 e. The van der Waals surface area contributed by atoms with Crippen molar-refractivity contribution in [2.45, 2.75) is 78.2 Å². The summed E-state index contributed by atoms with van der Waals surface area (Å²) in [6.45, 7) is 6.78. The van der Waals surface area contributed by atoms with E-state index in [1.54, 1.807) is 0 Å². The largest absolute Gasteiger partial charge is 0.409 e. The van der Waals surface area contributed by atoms with Crippen molar-refractivity contribution in [3.63, 3.8) is 0 Å². The van der Waals surface area contributed by atoms with E-state index < -0.39 is 5.41 Å². The van der Waals surface area contributed by atoms with Gasteiger partial charge in [0.25, 0.3) is 0 Å². The molecule has 0 bridgehead atoms. The lowest BCUT2D eigenvalue weighted by Gasteiger charge is -2.38. The van der Waals surface area contributed by atoms with Gasteiger partial charge in [0, 0.05) is 12.6 Å². The van der Waals surface area contributed by atoms with E-state index in [0.717, 1.165) is 25.7 Å². The van der Waals surface area contributed by atoms with Crippen molar-refractivity contribution in [3.8, 4) is 0 Å². The van der Waals surface area contributed by atoms with Gasteiger partial charge in [-0.1, -0.05) is 44.7 Å². The Hall–Kier alpha value is -1.26. The molecule has 1 aliphatic rings. The predicted octanol–water partition coefficient (Wildman–Crippen LogP) is 3.11. The molecule has 1 aliphatic carbocycles. The third-order valence-corrected chi connectivity index (χ3v) is 4.73. The highest BCUT2D eigenvalue weighted by atomic mass is 16.4. The summed E-state index contributed by atoms with van der Waals surface area (Å²) in [6, 6.07) is 0.321. The van der Waals surface area contributed by atoms with Crippen molar-refractivity contribution in [3.05, 3.63) is 0 Å². The van der Waals surface area contributed by atoms with Gasteiger partial charge in [-0.3, -0.25) is 4.79 Å². The van der Waals surface area contributed by atoms with Crippen molar-refractivity contribution in [2.75, 3.05) is 6.54 Å². The van der Waals surface area contributed by atoms with E-state index in [2.05, 4.69) is 5.16 Å². The fourth-order valence-corrected chi connectivity index (χ4v) is 3.71. The van der Waals surface area contributed by atoms with Crippen molar-refractivity contribution >= 4 is 11.7 Å². The molecule has 0 unspecified atom stereocenters. The van der Waals surface area contributed by atoms with Gasteiger partial charge in [0.1, 0.15) is 5.41 Å². The first kappa shape index (κ1) is 17.8. The highest BCUT2D eigenvalue weighted by Crippen LogP contribution is 2.35. The second kappa shape index (κ2) is 8.25. The number of nitrogens with two attached hydrogens (primary N) is 1. The first-order valence-corrected chi connectivity index (χ1v) is 8.36. The van der Waals surface area contributed by atoms with Crippen LogP contribution in [0.25, 0.3) is 0 Å². The normalized spacial score (nSPS) is 17.2. The van der Waals surface area contributed by atoms with Crippen LogP contribution in [0.5, 0.6) is 0 Å². The highest BCUT2D eigenvalue weighted by molar-refractivity contribution is 6.06. The Morgan fingerprint density at radius 3 is 2.14 bits per heavy atom. The zero-order valence-corrected chi connectivity index (χ0v) is 13.8. The molecule has 0 heterocycles. The number of carbonyl (C=O) groups is 1. The van der Waals surface area contributed by atoms with Gasteiger partial charge < -0.3 is 15.8 Å². The quantitative estimate of drug-likeness (QED) is 0.313. The molecule has 0 aliphatic heterocycles. The number of amides is 1. The summed E-state index contributed by atoms with van der Waals surface area (Å²) in [4.78, 5) is 15.2. The summed E-state index contributed by atoms with van der Waals surface area (Å²) in [6.07, 6.45) is 7.47. The molecule has 1 amide bonds. The zero-order valence-electron chi connectivity index (χ0n) is 13.8. The van der Waals surface area contributed by atoms with Crippen LogP contribution < -0.4 is 5.73 Å². The zero-order chi connectivity index (χ0) is 15.9. The van der Waals surface area contributed by atoms with Crippen molar-refractivity contribution in [2.24, 2.45) is 16.3 Å². The van der Waals surface area contributed by atoms with Crippen LogP contribution in [0, 0.1) is 5.41 Å². The molecule has 0 aromatic heterocycles. The van der Waals surface area contributed by atoms with Gasteiger partial charge in [-0.05, 0) is 32.6 Å². The number of oxime groups is 1. The van der Waals surface area contributed by atoms with Crippen LogP contribution in [0.2, 0.25) is 0 Å². The first-order chi connectivity index (χ1) is 10.1. The molecule has 5 nitrogen and oxygen atoms in total. The molecule has 1 rings (SSSR count). The molecule has 0 atom stereocenters. The summed E-state index contributed by atoms with van der Waals surface area (Å²) in [5.41, 5.74) is 5.13. The summed E-state index contributed by atoms with van der Waals surface area (Å²) in [5.74, 6) is 0.128. The fourth-order valence-electron chi connectivity index (χ4n) is 3.71. The maximum atomic E-state index is 13.2. The summed E-state index contributed by atoms with van der Waals surface area (Å²) < 4.78 is 0. The number of carbonyl (C=O) groups excluding carboxylic acids is 1. The van der Waals surface area contributed by atoms with Gasteiger partial charge in [0.2, 0.25) is 5.91 Å². The van der Waals surface area contributed by atoms with E-state index in [1.807, 2.05) is 25.7 Å². The number of nitrogens with zero attached hydrogens (tertiary/aromatic N) is 2. The lowest BCUT2D eigenvalue weighted by molar-refractivity contribution is -0.141. The Kier molecular flexibility index (Phi) is 6.99. The van der Waals surface area contributed by atoms with Crippen LogP contribution in [0.1, 0.15) is 72.1 Å². The molecule has 21 heavy (non-hydrogen) atoms. The second-order valence-electron chi connectivity index (χ2n) is 6.10. The molecule has 0 aromatic carbocycles. The average Bonchev–Trinajstić information content (AvgIpc) is 3.00. The molecule has 0 radical (unpaired) electrons. The fraction of sp³-hybridized carbons (Fsp3) is 0.875.